The molecule has 9 heteroatoms. The van der Waals surface area contributed by atoms with Crippen molar-refractivity contribution in [1.82, 2.24) is 9.21 Å². The first-order chi connectivity index (χ1) is 12.2. The highest BCUT2D eigenvalue weighted by atomic mass is 32.2. The van der Waals surface area contributed by atoms with E-state index >= 15 is 0 Å². The zero-order chi connectivity index (χ0) is 19.4. The van der Waals surface area contributed by atoms with Gasteiger partial charge in [0.15, 0.2) is 9.84 Å². The lowest BCUT2D eigenvalue weighted by Crippen LogP contribution is -2.42. The van der Waals surface area contributed by atoms with Crippen LogP contribution in [0.15, 0.2) is 29.2 Å². The average Bonchev–Trinajstić information content (AvgIpc) is 2.94. The first-order valence-electron chi connectivity index (χ1n) is 8.89. The summed E-state index contributed by atoms with van der Waals surface area (Å²) in [5.74, 6) is -0.664. The van der Waals surface area contributed by atoms with Gasteiger partial charge >= 0.3 is 0 Å². The van der Waals surface area contributed by atoms with Gasteiger partial charge in [0, 0.05) is 12.6 Å². The van der Waals surface area contributed by atoms with E-state index in [0.717, 1.165) is 31.8 Å². The summed E-state index contributed by atoms with van der Waals surface area (Å²) in [6.45, 7) is 6.82. The summed E-state index contributed by atoms with van der Waals surface area (Å²) < 4.78 is 64.3. The molecule has 0 bridgehead atoms. The molecule has 1 aliphatic heterocycles. The number of nitrogens with zero attached hydrogens (tertiary/aromatic N) is 2. The standard InChI is InChI=1S/C17H27FN2O4S2/c1-3-19(4-2)11-5-12-20(16-10-13-25(21,22)14-16)26(23,24)17-8-6-15(18)7-9-17/h6-9,16H,3-5,10-14H2,1-2H3/t16-/m1/s1. The average molecular weight is 407 g/mol. The fourth-order valence-corrected chi connectivity index (χ4v) is 6.75. The predicted molar refractivity (Wildman–Crippen MR) is 99.8 cm³/mol. The molecule has 0 spiro atoms. The first-order valence-corrected chi connectivity index (χ1v) is 12.2. The van der Waals surface area contributed by atoms with Crippen molar-refractivity contribution >= 4 is 19.9 Å². The van der Waals surface area contributed by atoms with Crippen molar-refractivity contribution in [3.63, 3.8) is 0 Å². The number of sulfone groups is 1. The highest BCUT2D eigenvalue weighted by Crippen LogP contribution is 2.25. The molecule has 1 aromatic carbocycles. The van der Waals surface area contributed by atoms with Crippen molar-refractivity contribution in [2.45, 2.75) is 37.6 Å². The second-order valence-electron chi connectivity index (χ2n) is 6.51. The van der Waals surface area contributed by atoms with Gasteiger partial charge in [-0.15, -0.1) is 0 Å². The van der Waals surface area contributed by atoms with Crippen molar-refractivity contribution in [2.75, 3.05) is 37.7 Å². The number of halogens is 1. The van der Waals surface area contributed by atoms with Crippen molar-refractivity contribution in [3.8, 4) is 0 Å². The lowest BCUT2D eigenvalue weighted by molar-refractivity contribution is 0.269. The second kappa shape index (κ2) is 8.77. The minimum absolute atomic E-state index is 0.00312. The topological polar surface area (TPSA) is 74.8 Å². The van der Waals surface area contributed by atoms with Gasteiger partial charge in [-0.2, -0.15) is 4.31 Å². The maximum Gasteiger partial charge on any atom is 0.243 e. The largest absolute Gasteiger partial charge is 0.304 e. The number of hydrogen-bond acceptors (Lipinski definition) is 5. The first kappa shape index (κ1) is 21.3. The maximum atomic E-state index is 13.2. The van der Waals surface area contributed by atoms with Gasteiger partial charge in [-0.1, -0.05) is 13.8 Å². The summed E-state index contributed by atoms with van der Waals surface area (Å²) in [4.78, 5) is 2.18. The third kappa shape index (κ3) is 5.25. The van der Waals surface area contributed by atoms with E-state index in [4.69, 9.17) is 0 Å². The van der Waals surface area contributed by atoms with Gasteiger partial charge in [-0.3, -0.25) is 0 Å². The summed E-state index contributed by atoms with van der Waals surface area (Å²) in [7, 11) is -7.10. The minimum Gasteiger partial charge on any atom is -0.304 e. The number of benzene rings is 1. The number of sulfonamides is 1. The molecule has 0 radical (unpaired) electrons. The van der Waals surface area contributed by atoms with Crippen molar-refractivity contribution in [2.24, 2.45) is 0 Å². The molecule has 26 heavy (non-hydrogen) atoms. The van der Waals surface area contributed by atoms with Crippen LogP contribution in [0, 0.1) is 5.82 Å². The van der Waals surface area contributed by atoms with Crippen molar-refractivity contribution in [1.29, 1.82) is 0 Å². The van der Waals surface area contributed by atoms with E-state index in [1.54, 1.807) is 0 Å². The van der Waals surface area contributed by atoms with Gasteiger partial charge in [0.1, 0.15) is 5.82 Å². The van der Waals surface area contributed by atoms with E-state index in [9.17, 15) is 21.2 Å². The van der Waals surface area contributed by atoms with Gasteiger partial charge in [0.25, 0.3) is 0 Å². The lowest BCUT2D eigenvalue weighted by atomic mass is 10.2. The fraction of sp³-hybridized carbons (Fsp3) is 0.647. The Bertz CT molecular complexity index is 791. The molecule has 1 aliphatic rings. The molecule has 1 fully saturated rings. The number of rotatable bonds is 9. The summed E-state index contributed by atoms with van der Waals surface area (Å²) in [5, 5.41) is 0. The Morgan fingerprint density at radius 2 is 1.73 bits per heavy atom. The maximum absolute atomic E-state index is 13.2. The smallest absolute Gasteiger partial charge is 0.243 e. The summed E-state index contributed by atoms with van der Waals surface area (Å²) >= 11 is 0. The van der Waals surface area contributed by atoms with Gasteiger partial charge in [0.2, 0.25) is 10.0 Å². The van der Waals surface area contributed by atoms with Gasteiger partial charge < -0.3 is 4.90 Å². The molecule has 2 rings (SSSR count). The Morgan fingerprint density at radius 1 is 1.12 bits per heavy atom. The number of hydrogen-bond donors (Lipinski definition) is 0. The van der Waals surface area contributed by atoms with Crippen LogP contribution in [0.3, 0.4) is 0 Å². The molecular weight excluding hydrogens is 379 g/mol. The van der Waals surface area contributed by atoms with Crippen LogP contribution in [0.1, 0.15) is 26.7 Å². The van der Waals surface area contributed by atoms with E-state index in [0.29, 0.717) is 12.8 Å². The molecule has 1 saturated heterocycles. The van der Waals surface area contributed by atoms with E-state index in [2.05, 4.69) is 4.90 Å². The van der Waals surface area contributed by atoms with E-state index in [-0.39, 0.29) is 22.9 Å². The van der Waals surface area contributed by atoms with Crippen LogP contribution < -0.4 is 0 Å². The summed E-state index contributed by atoms with van der Waals surface area (Å²) in [5.41, 5.74) is 0. The molecular formula is C17H27FN2O4S2. The van der Waals surface area contributed by atoms with E-state index in [1.807, 2.05) is 13.8 Å². The zero-order valence-corrected chi connectivity index (χ0v) is 16.9. The quantitative estimate of drug-likeness (QED) is 0.624. The third-order valence-corrected chi connectivity index (χ3v) is 8.50. The molecule has 1 atom stereocenters. The molecule has 0 aliphatic carbocycles. The highest BCUT2D eigenvalue weighted by molar-refractivity contribution is 7.92. The Balaban J connectivity index is 2.23. The normalized spacial score (nSPS) is 20.1. The molecule has 0 saturated carbocycles. The highest BCUT2D eigenvalue weighted by Gasteiger charge is 2.38. The van der Waals surface area contributed by atoms with Crippen LogP contribution in [-0.4, -0.2) is 69.8 Å². The molecule has 6 nitrogen and oxygen atoms in total. The Hall–Kier alpha value is -1.03. The van der Waals surface area contributed by atoms with Crippen molar-refractivity contribution < 1.29 is 21.2 Å². The van der Waals surface area contributed by atoms with Crippen LogP contribution in [0.2, 0.25) is 0 Å². The molecule has 1 aromatic rings. The Kier molecular flexibility index (Phi) is 7.18. The summed E-state index contributed by atoms with van der Waals surface area (Å²) in [6.07, 6.45) is 0.909. The molecule has 0 aromatic heterocycles. The van der Waals surface area contributed by atoms with Crippen LogP contribution in [0.25, 0.3) is 0 Å². The van der Waals surface area contributed by atoms with E-state index < -0.39 is 31.7 Å². The molecule has 148 valence electrons. The van der Waals surface area contributed by atoms with Crippen LogP contribution in [0.5, 0.6) is 0 Å². The third-order valence-electron chi connectivity index (χ3n) is 4.78. The lowest BCUT2D eigenvalue weighted by Gasteiger charge is -2.28. The monoisotopic (exact) mass is 406 g/mol. The van der Waals surface area contributed by atoms with Gasteiger partial charge in [-0.05, 0) is 56.7 Å². The Labute approximate surface area is 156 Å². The van der Waals surface area contributed by atoms with Crippen LogP contribution in [-0.2, 0) is 19.9 Å². The SMILES string of the molecule is CCN(CC)CCCN([C@@H]1CCS(=O)(=O)C1)S(=O)(=O)c1ccc(F)cc1. The van der Waals surface area contributed by atoms with Crippen LogP contribution in [0.4, 0.5) is 4.39 Å². The van der Waals surface area contributed by atoms with E-state index in [1.165, 1.54) is 16.4 Å². The van der Waals surface area contributed by atoms with Gasteiger partial charge in [0.05, 0.1) is 16.4 Å². The minimum atomic E-state index is -3.88. The molecule has 0 amide bonds. The molecule has 1 heterocycles. The fourth-order valence-electron chi connectivity index (χ4n) is 3.23. The van der Waals surface area contributed by atoms with Gasteiger partial charge in [-0.25, -0.2) is 21.2 Å². The summed E-state index contributed by atoms with van der Waals surface area (Å²) in [6, 6.07) is 4.10. The van der Waals surface area contributed by atoms with Crippen molar-refractivity contribution in [3.05, 3.63) is 30.1 Å². The second-order valence-corrected chi connectivity index (χ2v) is 10.6. The predicted octanol–water partition coefficient (Wildman–Crippen LogP) is 1.74. The Morgan fingerprint density at radius 3 is 2.23 bits per heavy atom. The molecule has 0 unspecified atom stereocenters. The molecule has 0 N–H and O–H groups in total. The van der Waals surface area contributed by atoms with Crippen LogP contribution >= 0.6 is 0 Å². The zero-order valence-electron chi connectivity index (χ0n) is 15.3.